The fourth-order valence-electron chi connectivity index (χ4n) is 3.38. The van der Waals surface area contributed by atoms with Gasteiger partial charge in [-0.15, -0.1) is 18.3 Å². The Kier molecular flexibility index (Phi) is 2.40. The molecule has 0 radical (unpaired) electrons. The molecule has 0 spiro atoms. The van der Waals surface area contributed by atoms with Gasteiger partial charge in [-0.1, -0.05) is 6.08 Å². The van der Waals surface area contributed by atoms with Gasteiger partial charge < -0.3 is 4.74 Å². The van der Waals surface area contributed by atoms with Crippen LogP contribution in [0.15, 0.2) is 12.7 Å². The standard InChI is InChI=1S/C13H20OS/c1-2-6-12-7-3-8-13(12,14-10-9-12)15-11-4-5-11/h2,11H,1,3-10H2. The topological polar surface area (TPSA) is 9.23 Å². The second-order valence-electron chi connectivity index (χ2n) is 5.30. The predicted molar refractivity (Wildman–Crippen MR) is 65.0 cm³/mol. The maximum atomic E-state index is 6.19. The van der Waals surface area contributed by atoms with Crippen molar-refractivity contribution in [1.29, 1.82) is 0 Å². The molecule has 84 valence electrons. The van der Waals surface area contributed by atoms with E-state index in [0.717, 1.165) is 18.3 Å². The van der Waals surface area contributed by atoms with Crippen molar-refractivity contribution in [3.05, 3.63) is 12.7 Å². The van der Waals surface area contributed by atoms with Gasteiger partial charge in [-0.05, 0) is 44.9 Å². The fraction of sp³-hybridized carbons (Fsp3) is 0.846. The highest BCUT2D eigenvalue weighted by Gasteiger charge is 2.60. The van der Waals surface area contributed by atoms with E-state index in [1.54, 1.807) is 0 Å². The molecule has 0 aromatic carbocycles. The third-order valence-electron chi connectivity index (χ3n) is 4.30. The van der Waals surface area contributed by atoms with E-state index in [1.807, 2.05) is 0 Å². The summed E-state index contributed by atoms with van der Waals surface area (Å²) in [5.41, 5.74) is 0.446. The van der Waals surface area contributed by atoms with Gasteiger partial charge in [0, 0.05) is 17.3 Å². The largest absolute Gasteiger partial charge is 0.364 e. The first-order valence-electron chi connectivity index (χ1n) is 6.23. The van der Waals surface area contributed by atoms with Crippen LogP contribution in [0.4, 0.5) is 0 Å². The monoisotopic (exact) mass is 224 g/mol. The molecule has 0 aromatic rings. The van der Waals surface area contributed by atoms with E-state index in [2.05, 4.69) is 24.4 Å². The first kappa shape index (κ1) is 10.2. The molecule has 2 heteroatoms. The Morgan fingerprint density at radius 1 is 1.33 bits per heavy atom. The van der Waals surface area contributed by atoms with Crippen LogP contribution < -0.4 is 0 Å². The molecule has 0 amide bonds. The van der Waals surface area contributed by atoms with Crippen molar-refractivity contribution in [2.45, 2.75) is 55.1 Å². The summed E-state index contributed by atoms with van der Waals surface area (Å²) >= 11 is 2.16. The van der Waals surface area contributed by atoms with E-state index in [0.29, 0.717) is 5.41 Å². The van der Waals surface area contributed by atoms with Crippen LogP contribution >= 0.6 is 11.8 Å². The van der Waals surface area contributed by atoms with E-state index in [1.165, 1.54) is 38.5 Å². The Balaban J connectivity index is 1.85. The van der Waals surface area contributed by atoms with Crippen molar-refractivity contribution in [1.82, 2.24) is 0 Å². The maximum absolute atomic E-state index is 6.19. The summed E-state index contributed by atoms with van der Waals surface area (Å²) in [6.45, 7) is 4.92. The van der Waals surface area contributed by atoms with Gasteiger partial charge >= 0.3 is 0 Å². The van der Waals surface area contributed by atoms with E-state index in [9.17, 15) is 0 Å². The summed E-state index contributed by atoms with van der Waals surface area (Å²) < 4.78 is 6.19. The van der Waals surface area contributed by atoms with Crippen molar-refractivity contribution >= 4 is 11.8 Å². The Labute approximate surface area is 96.6 Å². The zero-order valence-corrected chi connectivity index (χ0v) is 10.2. The fourth-order valence-corrected chi connectivity index (χ4v) is 5.24. The van der Waals surface area contributed by atoms with Gasteiger partial charge in [0.2, 0.25) is 0 Å². The zero-order valence-electron chi connectivity index (χ0n) is 9.34. The molecule has 15 heavy (non-hydrogen) atoms. The van der Waals surface area contributed by atoms with Crippen molar-refractivity contribution in [3.63, 3.8) is 0 Å². The molecule has 3 fully saturated rings. The lowest BCUT2D eigenvalue weighted by Crippen LogP contribution is -2.37. The van der Waals surface area contributed by atoms with Crippen molar-refractivity contribution < 1.29 is 4.74 Å². The first-order valence-corrected chi connectivity index (χ1v) is 7.11. The molecule has 3 aliphatic rings. The third-order valence-corrected chi connectivity index (χ3v) is 6.24. The molecule has 0 bridgehead atoms. The molecule has 2 aliphatic carbocycles. The molecule has 1 nitrogen and oxygen atoms in total. The molecule has 2 unspecified atom stereocenters. The number of fused-ring (bicyclic) bond motifs is 1. The van der Waals surface area contributed by atoms with Crippen LogP contribution in [0.2, 0.25) is 0 Å². The molecule has 1 aliphatic heterocycles. The second-order valence-corrected chi connectivity index (χ2v) is 6.86. The third kappa shape index (κ3) is 1.49. The quantitative estimate of drug-likeness (QED) is 0.673. The maximum Gasteiger partial charge on any atom is 0.119 e. The van der Waals surface area contributed by atoms with Crippen LogP contribution in [0, 0.1) is 5.41 Å². The minimum absolute atomic E-state index is 0.183. The SMILES string of the molecule is C=CCC12CCCC1(SC1CC1)OCC2. The Morgan fingerprint density at radius 2 is 2.20 bits per heavy atom. The van der Waals surface area contributed by atoms with Gasteiger partial charge in [0.1, 0.15) is 4.93 Å². The van der Waals surface area contributed by atoms with Gasteiger partial charge in [0.15, 0.2) is 0 Å². The van der Waals surface area contributed by atoms with Crippen LogP contribution in [0.3, 0.4) is 0 Å². The molecular formula is C13H20OS. The Bertz CT molecular complexity index is 260. The molecule has 2 atom stereocenters. The van der Waals surface area contributed by atoms with Gasteiger partial charge in [-0.2, -0.15) is 0 Å². The predicted octanol–water partition coefficient (Wildman–Crippen LogP) is 3.75. The number of thioether (sulfide) groups is 1. The average Bonchev–Trinajstić information content (AvgIpc) is 2.83. The number of rotatable bonds is 4. The lowest BCUT2D eigenvalue weighted by atomic mass is 9.79. The first-order chi connectivity index (χ1) is 7.30. The number of hydrogen-bond donors (Lipinski definition) is 0. The highest BCUT2D eigenvalue weighted by Crippen LogP contribution is 2.65. The molecule has 1 saturated heterocycles. The number of ether oxygens (including phenoxy) is 1. The summed E-state index contributed by atoms with van der Waals surface area (Å²) in [6, 6.07) is 0. The van der Waals surface area contributed by atoms with Crippen molar-refractivity contribution in [2.75, 3.05) is 6.61 Å². The van der Waals surface area contributed by atoms with Crippen LogP contribution in [-0.2, 0) is 4.74 Å². The highest BCUT2D eigenvalue weighted by atomic mass is 32.2. The average molecular weight is 224 g/mol. The second kappa shape index (κ2) is 3.53. The Morgan fingerprint density at radius 3 is 2.93 bits per heavy atom. The zero-order chi connectivity index (χ0) is 10.4. The Hall–Kier alpha value is 0.0500. The lowest BCUT2D eigenvalue weighted by Gasteiger charge is -2.38. The summed E-state index contributed by atoms with van der Waals surface area (Å²) in [5.74, 6) is 0. The minimum Gasteiger partial charge on any atom is -0.364 e. The molecule has 0 aromatic heterocycles. The van der Waals surface area contributed by atoms with Gasteiger partial charge in [-0.3, -0.25) is 0 Å². The normalized spacial score (nSPS) is 44.3. The number of allylic oxidation sites excluding steroid dienone is 1. The lowest BCUT2D eigenvalue weighted by molar-refractivity contribution is 0.0386. The van der Waals surface area contributed by atoms with E-state index >= 15 is 0 Å². The smallest absolute Gasteiger partial charge is 0.119 e. The van der Waals surface area contributed by atoms with Crippen molar-refractivity contribution in [3.8, 4) is 0 Å². The van der Waals surface area contributed by atoms with E-state index < -0.39 is 0 Å². The van der Waals surface area contributed by atoms with Gasteiger partial charge in [0.25, 0.3) is 0 Å². The van der Waals surface area contributed by atoms with Gasteiger partial charge in [-0.25, -0.2) is 0 Å². The van der Waals surface area contributed by atoms with Crippen LogP contribution in [0.1, 0.15) is 44.9 Å². The summed E-state index contributed by atoms with van der Waals surface area (Å²) in [6.07, 6.45) is 11.4. The molecule has 2 saturated carbocycles. The molecule has 3 rings (SSSR count). The molecule has 1 heterocycles. The van der Waals surface area contributed by atoms with E-state index in [4.69, 9.17) is 4.74 Å². The molecular weight excluding hydrogens is 204 g/mol. The molecule has 0 N–H and O–H groups in total. The van der Waals surface area contributed by atoms with Gasteiger partial charge in [0.05, 0.1) is 0 Å². The summed E-state index contributed by atoms with van der Waals surface area (Å²) in [7, 11) is 0. The highest BCUT2D eigenvalue weighted by molar-refractivity contribution is 8.01. The summed E-state index contributed by atoms with van der Waals surface area (Å²) in [5, 5.41) is 0.908. The minimum atomic E-state index is 0.183. The van der Waals surface area contributed by atoms with Crippen molar-refractivity contribution in [2.24, 2.45) is 5.41 Å². The van der Waals surface area contributed by atoms with Crippen LogP contribution in [0.5, 0.6) is 0 Å². The van der Waals surface area contributed by atoms with Crippen LogP contribution in [0.25, 0.3) is 0 Å². The summed E-state index contributed by atoms with van der Waals surface area (Å²) in [4.78, 5) is 0.183. The van der Waals surface area contributed by atoms with E-state index in [-0.39, 0.29) is 4.93 Å². The van der Waals surface area contributed by atoms with Crippen LogP contribution in [-0.4, -0.2) is 16.8 Å². The number of hydrogen-bond acceptors (Lipinski definition) is 2.